The van der Waals surface area contributed by atoms with E-state index in [-0.39, 0.29) is 5.91 Å². The third-order valence-corrected chi connectivity index (χ3v) is 4.10. The number of nitrogens with zero attached hydrogens (tertiary/aromatic N) is 2. The molecule has 0 aliphatic carbocycles. The molecule has 0 saturated carbocycles. The van der Waals surface area contributed by atoms with Crippen LogP contribution in [0.1, 0.15) is 33.1 Å². The Morgan fingerprint density at radius 2 is 1.90 bits per heavy atom. The van der Waals surface area contributed by atoms with Gasteiger partial charge in [0.2, 0.25) is 0 Å². The fraction of sp³-hybridized carbons (Fsp3) is 0.250. The van der Waals surface area contributed by atoms with Crippen LogP contribution in [0.4, 0.5) is 0 Å². The van der Waals surface area contributed by atoms with Crippen molar-refractivity contribution in [3.05, 3.63) is 52.0 Å². The number of thiazole rings is 1. The minimum absolute atomic E-state index is 0.0905. The molecule has 1 saturated heterocycles. The number of likely N-dealkylation sites (tertiary alicyclic amines) is 1. The lowest BCUT2D eigenvalue weighted by atomic mass is 10.2. The van der Waals surface area contributed by atoms with Crippen LogP contribution in [0, 0.1) is 11.8 Å². The van der Waals surface area contributed by atoms with Crippen LogP contribution in [0.3, 0.4) is 0 Å². The van der Waals surface area contributed by atoms with Crippen molar-refractivity contribution in [2.75, 3.05) is 13.1 Å². The molecular weight excluding hydrogens is 268 g/mol. The summed E-state index contributed by atoms with van der Waals surface area (Å²) in [6.07, 6.45) is 3.84. The maximum atomic E-state index is 12.2. The van der Waals surface area contributed by atoms with Crippen molar-refractivity contribution in [2.45, 2.75) is 12.8 Å². The predicted molar refractivity (Wildman–Crippen MR) is 79.7 cm³/mol. The van der Waals surface area contributed by atoms with Gasteiger partial charge in [-0.3, -0.25) is 4.79 Å². The molecule has 20 heavy (non-hydrogen) atoms. The SMILES string of the molecule is O=C(c1cnc(C#Cc2ccccc2)s1)N1CCCC1. The van der Waals surface area contributed by atoms with Crippen molar-refractivity contribution < 1.29 is 4.79 Å². The maximum absolute atomic E-state index is 12.2. The van der Waals surface area contributed by atoms with Crippen LogP contribution in [0.5, 0.6) is 0 Å². The Hall–Kier alpha value is -2.12. The molecule has 1 amide bonds. The van der Waals surface area contributed by atoms with Gasteiger partial charge < -0.3 is 4.90 Å². The molecule has 0 unspecified atom stereocenters. The van der Waals surface area contributed by atoms with Crippen molar-refractivity contribution >= 4 is 17.2 Å². The van der Waals surface area contributed by atoms with E-state index in [1.54, 1.807) is 6.20 Å². The van der Waals surface area contributed by atoms with Crippen LogP contribution >= 0.6 is 11.3 Å². The lowest BCUT2D eigenvalue weighted by Crippen LogP contribution is -2.26. The largest absolute Gasteiger partial charge is 0.338 e. The Morgan fingerprint density at radius 3 is 2.65 bits per heavy atom. The van der Waals surface area contributed by atoms with Gasteiger partial charge in [-0.15, -0.1) is 11.3 Å². The number of carbonyl (C=O) groups excluding carboxylic acids is 1. The van der Waals surface area contributed by atoms with Gasteiger partial charge in [0.05, 0.1) is 6.20 Å². The molecule has 1 aliphatic rings. The number of rotatable bonds is 1. The molecule has 3 nitrogen and oxygen atoms in total. The second-order valence-corrected chi connectivity index (χ2v) is 5.68. The van der Waals surface area contributed by atoms with Crippen molar-refractivity contribution in [1.29, 1.82) is 0 Å². The van der Waals surface area contributed by atoms with E-state index in [4.69, 9.17) is 0 Å². The number of carbonyl (C=O) groups is 1. The molecule has 3 rings (SSSR count). The summed E-state index contributed by atoms with van der Waals surface area (Å²) in [6, 6.07) is 9.78. The Morgan fingerprint density at radius 1 is 1.15 bits per heavy atom. The van der Waals surface area contributed by atoms with Gasteiger partial charge in [-0.25, -0.2) is 4.98 Å². The highest BCUT2D eigenvalue weighted by Gasteiger charge is 2.21. The minimum atomic E-state index is 0.0905. The molecular formula is C16H14N2OS. The maximum Gasteiger partial charge on any atom is 0.265 e. The van der Waals surface area contributed by atoms with Crippen LogP contribution in [-0.4, -0.2) is 28.9 Å². The fourth-order valence-corrected chi connectivity index (χ4v) is 2.89. The quantitative estimate of drug-likeness (QED) is 0.754. The van der Waals surface area contributed by atoms with Crippen LogP contribution in [0.15, 0.2) is 36.5 Å². The zero-order chi connectivity index (χ0) is 13.8. The molecule has 2 heterocycles. The van der Waals surface area contributed by atoms with Crippen molar-refractivity contribution in [2.24, 2.45) is 0 Å². The zero-order valence-corrected chi connectivity index (χ0v) is 11.8. The summed E-state index contributed by atoms with van der Waals surface area (Å²) in [5, 5.41) is 0.691. The molecule has 100 valence electrons. The predicted octanol–water partition coefficient (Wildman–Crippen LogP) is 2.78. The van der Waals surface area contributed by atoms with E-state index < -0.39 is 0 Å². The molecule has 0 spiro atoms. The minimum Gasteiger partial charge on any atom is -0.338 e. The number of hydrogen-bond donors (Lipinski definition) is 0. The molecule has 1 fully saturated rings. The van der Waals surface area contributed by atoms with Crippen LogP contribution in [-0.2, 0) is 0 Å². The van der Waals surface area contributed by atoms with Gasteiger partial charge in [0, 0.05) is 18.7 Å². The summed E-state index contributed by atoms with van der Waals surface area (Å²) in [5.41, 5.74) is 0.954. The van der Waals surface area contributed by atoms with Gasteiger partial charge in [-0.05, 0) is 30.9 Å². The van der Waals surface area contributed by atoms with Crippen LogP contribution < -0.4 is 0 Å². The second kappa shape index (κ2) is 5.89. The Balaban J connectivity index is 1.74. The Kier molecular flexibility index (Phi) is 3.80. The fourth-order valence-electron chi connectivity index (χ4n) is 2.15. The van der Waals surface area contributed by atoms with Gasteiger partial charge in [0.1, 0.15) is 4.88 Å². The number of hydrogen-bond acceptors (Lipinski definition) is 3. The van der Waals surface area contributed by atoms with Crippen molar-refractivity contribution in [3.63, 3.8) is 0 Å². The van der Waals surface area contributed by atoms with Gasteiger partial charge in [0.15, 0.2) is 5.01 Å². The van der Waals surface area contributed by atoms with E-state index in [0.29, 0.717) is 9.88 Å². The van der Waals surface area contributed by atoms with E-state index in [1.165, 1.54) is 11.3 Å². The number of amides is 1. The summed E-state index contributed by atoms with van der Waals surface area (Å²) < 4.78 is 0. The molecule has 4 heteroatoms. The van der Waals surface area contributed by atoms with E-state index >= 15 is 0 Å². The summed E-state index contributed by atoms with van der Waals surface area (Å²) in [7, 11) is 0. The van der Waals surface area contributed by atoms with Gasteiger partial charge in [0.25, 0.3) is 5.91 Å². The first-order chi connectivity index (χ1) is 9.83. The number of benzene rings is 1. The average molecular weight is 282 g/mol. The topological polar surface area (TPSA) is 33.2 Å². The molecule has 0 radical (unpaired) electrons. The summed E-state index contributed by atoms with van der Waals surface area (Å²) in [6.45, 7) is 1.73. The molecule has 1 aromatic carbocycles. The zero-order valence-electron chi connectivity index (χ0n) is 11.0. The standard InChI is InChI=1S/C16H14N2OS/c19-16(18-10-4-5-11-18)14-12-17-15(20-14)9-8-13-6-2-1-3-7-13/h1-3,6-7,12H,4-5,10-11H2. The monoisotopic (exact) mass is 282 g/mol. The van der Waals surface area contributed by atoms with E-state index in [2.05, 4.69) is 16.8 Å². The molecule has 0 atom stereocenters. The van der Waals surface area contributed by atoms with E-state index in [9.17, 15) is 4.79 Å². The first kappa shape index (κ1) is 12.9. The molecule has 0 bridgehead atoms. The first-order valence-electron chi connectivity index (χ1n) is 6.65. The number of aromatic nitrogens is 1. The highest BCUT2D eigenvalue weighted by atomic mass is 32.1. The summed E-state index contributed by atoms with van der Waals surface area (Å²) in [4.78, 5) is 19.0. The summed E-state index contributed by atoms with van der Waals surface area (Å²) >= 11 is 1.37. The highest BCUT2D eigenvalue weighted by molar-refractivity contribution is 7.14. The lowest BCUT2D eigenvalue weighted by molar-refractivity contribution is 0.0797. The Labute approximate surface area is 122 Å². The average Bonchev–Trinajstić information content (AvgIpc) is 3.17. The van der Waals surface area contributed by atoms with Crippen LogP contribution in [0.2, 0.25) is 0 Å². The molecule has 1 aromatic heterocycles. The highest BCUT2D eigenvalue weighted by Crippen LogP contribution is 2.18. The Bertz CT molecular complexity index is 661. The molecule has 1 aliphatic heterocycles. The second-order valence-electron chi connectivity index (χ2n) is 4.64. The van der Waals surface area contributed by atoms with Crippen molar-refractivity contribution in [1.82, 2.24) is 9.88 Å². The smallest absolute Gasteiger partial charge is 0.265 e. The van der Waals surface area contributed by atoms with Gasteiger partial charge in [-0.2, -0.15) is 0 Å². The van der Waals surface area contributed by atoms with E-state index in [0.717, 1.165) is 31.5 Å². The molecule has 0 N–H and O–H groups in total. The molecule has 2 aromatic rings. The van der Waals surface area contributed by atoms with E-state index in [1.807, 2.05) is 35.2 Å². The van der Waals surface area contributed by atoms with Crippen LogP contribution in [0.25, 0.3) is 0 Å². The van der Waals surface area contributed by atoms with Gasteiger partial charge >= 0.3 is 0 Å². The van der Waals surface area contributed by atoms with Crippen molar-refractivity contribution in [3.8, 4) is 11.8 Å². The van der Waals surface area contributed by atoms with Gasteiger partial charge in [-0.1, -0.05) is 24.1 Å². The first-order valence-corrected chi connectivity index (χ1v) is 7.47. The third-order valence-electron chi connectivity index (χ3n) is 3.20. The third kappa shape index (κ3) is 2.89. The summed E-state index contributed by atoms with van der Waals surface area (Å²) in [5.74, 6) is 6.16. The normalized spacial score (nSPS) is 13.9. The lowest BCUT2D eigenvalue weighted by Gasteiger charge is -2.12.